The normalized spacial score (nSPS) is 15.9. The molecule has 3 aromatic rings. The van der Waals surface area contributed by atoms with E-state index in [1.165, 1.54) is 4.31 Å². The number of para-hydroxylation sites is 1. The van der Waals surface area contributed by atoms with Crippen molar-refractivity contribution in [3.63, 3.8) is 0 Å². The molecular weight excluding hydrogens is 456 g/mol. The molecule has 1 saturated heterocycles. The van der Waals surface area contributed by atoms with Crippen LogP contribution in [0.3, 0.4) is 0 Å². The van der Waals surface area contributed by atoms with Gasteiger partial charge in [-0.2, -0.15) is 0 Å². The highest BCUT2D eigenvalue weighted by molar-refractivity contribution is 7.89. The Morgan fingerprint density at radius 2 is 1.70 bits per heavy atom. The molecule has 0 aliphatic carbocycles. The number of rotatable bonds is 8. The fraction of sp³-hybridized carbons (Fsp3) is 0.375. The zero-order valence-corrected chi connectivity index (χ0v) is 20.7. The van der Waals surface area contributed by atoms with Gasteiger partial charge in [0, 0.05) is 45.7 Å². The van der Waals surface area contributed by atoms with Gasteiger partial charge in [0.2, 0.25) is 10.0 Å². The van der Waals surface area contributed by atoms with Crippen LogP contribution in [0.1, 0.15) is 6.42 Å². The van der Waals surface area contributed by atoms with Crippen molar-refractivity contribution in [2.75, 3.05) is 46.9 Å². The van der Waals surface area contributed by atoms with Gasteiger partial charge in [-0.1, -0.05) is 30.3 Å². The van der Waals surface area contributed by atoms with Gasteiger partial charge < -0.3 is 9.30 Å². The molecule has 1 fully saturated rings. The lowest BCUT2D eigenvalue weighted by atomic mass is 10.2. The van der Waals surface area contributed by atoms with Gasteiger partial charge in [-0.3, -0.25) is 4.90 Å². The molecule has 0 N–H and O–H groups in total. The molecule has 0 atom stereocenters. The molecule has 0 unspecified atom stereocenters. The molecule has 9 heteroatoms. The molecule has 2 heterocycles. The topological polar surface area (TPSA) is 67.1 Å². The van der Waals surface area contributed by atoms with Gasteiger partial charge in [0.25, 0.3) is 0 Å². The summed E-state index contributed by atoms with van der Waals surface area (Å²) in [4.78, 5) is 8.54. The van der Waals surface area contributed by atoms with Crippen molar-refractivity contribution in [3.8, 4) is 11.3 Å². The van der Waals surface area contributed by atoms with Crippen molar-refractivity contribution in [2.45, 2.75) is 17.9 Å². The van der Waals surface area contributed by atoms with Crippen LogP contribution in [0.25, 0.3) is 11.3 Å². The Morgan fingerprint density at radius 3 is 2.36 bits per heavy atom. The number of benzene rings is 2. The van der Waals surface area contributed by atoms with Gasteiger partial charge in [-0.25, -0.2) is 17.7 Å². The van der Waals surface area contributed by atoms with E-state index in [0.29, 0.717) is 4.90 Å². The summed E-state index contributed by atoms with van der Waals surface area (Å²) in [7, 11) is -0.366. The average molecular weight is 487 g/mol. The molecule has 0 bridgehead atoms. The first-order chi connectivity index (χ1) is 15.9. The standard InChI is InChI=1S/C24H30N4O3S2/c1-26(2)33(29,30)22-11-9-20(10-12-22)23-19-32-24(25-21-7-4-3-5-8-21)28(23)14-6-13-27-15-17-31-18-16-27/h3-5,7-12,19H,6,13-18H2,1-2H3. The quantitative estimate of drug-likeness (QED) is 0.489. The first-order valence-electron chi connectivity index (χ1n) is 11.1. The second-order valence-corrected chi connectivity index (χ2v) is 11.1. The molecule has 2 aromatic carbocycles. The number of ether oxygens (including phenoxy) is 1. The molecule has 1 aromatic heterocycles. The van der Waals surface area contributed by atoms with Crippen LogP contribution in [0.5, 0.6) is 0 Å². The van der Waals surface area contributed by atoms with Crippen LogP contribution in [0.4, 0.5) is 5.69 Å². The minimum absolute atomic E-state index is 0.291. The molecule has 33 heavy (non-hydrogen) atoms. The second kappa shape index (κ2) is 10.8. The summed E-state index contributed by atoms with van der Waals surface area (Å²) >= 11 is 1.60. The van der Waals surface area contributed by atoms with Crippen LogP contribution in [0, 0.1) is 0 Å². The molecule has 0 saturated carbocycles. The van der Waals surface area contributed by atoms with E-state index in [9.17, 15) is 8.42 Å². The lowest BCUT2D eigenvalue weighted by Crippen LogP contribution is -2.37. The van der Waals surface area contributed by atoms with E-state index in [4.69, 9.17) is 9.73 Å². The number of hydrogen-bond acceptors (Lipinski definition) is 6. The van der Waals surface area contributed by atoms with Crippen LogP contribution < -0.4 is 4.80 Å². The highest BCUT2D eigenvalue weighted by atomic mass is 32.2. The molecule has 0 radical (unpaired) electrons. The number of nitrogens with zero attached hydrogens (tertiary/aromatic N) is 4. The molecule has 1 aliphatic rings. The molecule has 176 valence electrons. The predicted molar refractivity (Wildman–Crippen MR) is 132 cm³/mol. The van der Waals surface area contributed by atoms with Crippen molar-refractivity contribution in [1.29, 1.82) is 0 Å². The Bertz CT molecular complexity index is 1210. The van der Waals surface area contributed by atoms with E-state index in [2.05, 4.69) is 14.8 Å². The summed E-state index contributed by atoms with van der Waals surface area (Å²) in [5, 5.41) is 2.10. The van der Waals surface area contributed by atoms with E-state index in [-0.39, 0.29) is 0 Å². The molecule has 1 aliphatic heterocycles. The van der Waals surface area contributed by atoms with Crippen LogP contribution in [-0.4, -0.2) is 69.1 Å². The Kier molecular flexibility index (Phi) is 7.77. The van der Waals surface area contributed by atoms with Gasteiger partial charge in [-0.05, 0) is 36.2 Å². The van der Waals surface area contributed by atoms with Crippen molar-refractivity contribution >= 4 is 27.0 Å². The first kappa shape index (κ1) is 23.8. The Balaban J connectivity index is 1.63. The third kappa shape index (κ3) is 5.80. The monoisotopic (exact) mass is 486 g/mol. The summed E-state index contributed by atoms with van der Waals surface area (Å²) in [6, 6.07) is 17.1. The van der Waals surface area contributed by atoms with Crippen molar-refractivity contribution in [2.24, 2.45) is 4.99 Å². The van der Waals surface area contributed by atoms with E-state index in [0.717, 1.165) is 67.6 Å². The van der Waals surface area contributed by atoms with Gasteiger partial charge in [0.1, 0.15) is 0 Å². The summed E-state index contributed by atoms with van der Waals surface area (Å²) < 4.78 is 33.8. The van der Waals surface area contributed by atoms with Gasteiger partial charge in [-0.15, -0.1) is 11.3 Å². The maximum atomic E-state index is 12.4. The molecule has 7 nitrogen and oxygen atoms in total. The molecular formula is C24H30N4O3S2. The fourth-order valence-corrected chi connectivity index (χ4v) is 5.62. The second-order valence-electron chi connectivity index (χ2n) is 8.12. The number of sulfonamides is 1. The van der Waals surface area contributed by atoms with E-state index in [1.807, 2.05) is 42.5 Å². The summed E-state index contributed by atoms with van der Waals surface area (Å²) in [5.41, 5.74) is 2.94. The summed E-state index contributed by atoms with van der Waals surface area (Å²) in [6.07, 6.45) is 0.999. The number of hydrogen-bond donors (Lipinski definition) is 0. The van der Waals surface area contributed by atoms with Gasteiger partial charge >= 0.3 is 0 Å². The van der Waals surface area contributed by atoms with Crippen LogP contribution >= 0.6 is 11.3 Å². The Morgan fingerprint density at radius 1 is 1.00 bits per heavy atom. The average Bonchev–Trinajstić information content (AvgIpc) is 3.22. The zero-order chi connectivity index (χ0) is 23.3. The maximum Gasteiger partial charge on any atom is 0.242 e. The first-order valence-corrected chi connectivity index (χ1v) is 13.4. The summed E-state index contributed by atoms with van der Waals surface area (Å²) in [5.74, 6) is 0. The van der Waals surface area contributed by atoms with Crippen LogP contribution in [0.2, 0.25) is 0 Å². The van der Waals surface area contributed by atoms with Crippen molar-refractivity contribution < 1.29 is 13.2 Å². The third-order valence-electron chi connectivity index (χ3n) is 5.67. The predicted octanol–water partition coefficient (Wildman–Crippen LogP) is 3.42. The van der Waals surface area contributed by atoms with E-state index < -0.39 is 10.0 Å². The smallest absolute Gasteiger partial charge is 0.242 e. The fourth-order valence-electron chi connectivity index (χ4n) is 3.76. The minimum atomic E-state index is -3.45. The molecule has 4 rings (SSSR count). The largest absolute Gasteiger partial charge is 0.379 e. The van der Waals surface area contributed by atoms with Crippen molar-refractivity contribution in [3.05, 3.63) is 64.8 Å². The van der Waals surface area contributed by atoms with E-state index in [1.54, 1.807) is 37.6 Å². The maximum absolute atomic E-state index is 12.4. The highest BCUT2D eigenvalue weighted by Crippen LogP contribution is 2.24. The highest BCUT2D eigenvalue weighted by Gasteiger charge is 2.18. The number of aromatic nitrogens is 1. The third-order valence-corrected chi connectivity index (χ3v) is 8.36. The lowest BCUT2D eigenvalue weighted by molar-refractivity contribution is 0.0369. The number of morpholine rings is 1. The van der Waals surface area contributed by atoms with Crippen LogP contribution in [-0.2, 0) is 21.3 Å². The Hall–Kier alpha value is -2.30. The van der Waals surface area contributed by atoms with Gasteiger partial charge in [0.05, 0.1) is 29.5 Å². The van der Waals surface area contributed by atoms with Crippen LogP contribution in [0.15, 0.2) is 69.9 Å². The Labute approximate surface area is 199 Å². The molecule has 0 amide bonds. The lowest BCUT2D eigenvalue weighted by Gasteiger charge is -2.26. The van der Waals surface area contributed by atoms with E-state index >= 15 is 0 Å². The molecule has 0 spiro atoms. The van der Waals surface area contributed by atoms with Crippen molar-refractivity contribution in [1.82, 2.24) is 13.8 Å². The number of thiazole rings is 1. The zero-order valence-electron chi connectivity index (χ0n) is 19.1. The SMILES string of the molecule is CN(C)S(=O)(=O)c1ccc(-c2csc(=Nc3ccccc3)n2CCCN2CCOCC2)cc1. The van der Waals surface area contributed by atoms with Gasteiger partial charge in [0.15, 0.2) is 4.80 Å². The minimum Gasteiger partial charge on any atom is -0.379 e. The summed E-state index contributed by atoms with van der Waals surface area (Å²) in [6.45, 7) is 5.39.